The van der Waals surface area contributed by atoms with Crippen molar-refractivity contribution in [3.63, 3.8) is 0 Å². The fourth-order valence-electron chi connectivity index (χ4n) is 1.93. The number of aromatic amines is 1. The number of fused-ring (bicyclic) bond motifs is 1. The summed E-state index contributed by atoms with van der Waals surface area (Å²) in [5.74, 6) is 0.0104. The summed E-state index contributed by atoms with van der Waals surface area (Å²) >= 11 is 4.89. The number of rotatable bonds is 3. The largest absolute Gasteiger partial charge is 0.389 e. The fraction of sp³-hybridized carbons (Fsp3) is 0. The lowest BCUT2D eigenvalue weighted by molar-refractivity contribution is 0.102. The maximum Gasteiger partial charge on any atom is 0.259 e. The number of thiocarbonyl (C=S) groups is 1. The summed E-state index contributed by atoms with van der Waals surface area (Å²) in [5.41, 5.74) is 7.61. The van der Waals surface area contributed by atoms with Gasteiger partial charge in [0.1, 0.15) is 16.3 Å². The quantitative estimate of drug-likeness (QED) is 0.628. The molecule has 1 amide bonds. The van der Waals surface area contributed by atoms with E-state index in [1.165, 1.54) is 12.4 Å². The van der Waals surface area contributed by atoms with E-state index in [9.17, 15) is 4.79 Å². The second-order valence-corrected chi connectivity index (χ2v) is 4.65. The van der Waals surface area contributed by atoms with Gasteiger partial charge in [-0.1, -0.05) is 18.3 Å². The molecule has 0 spiro atoms. The lowest BCUT2D eigenvalue weighted by Crippen LogP contribution is -2.17. The van der Waals surface area contributed by atoms with Crippen molar-refractivity contribution in [3.05, 3.63) is 47.9 Å². The SMILES string of the molecule is NC(=S)c1cn[nH]c1NC(=O)c1cccc2nccnc12. The van der Waals surface area contributed by atoms with E-state index in [1.54, 1.807) is 24.4 Å². The minimum atomic E-state index is -0.345. The van der Waals surface area contributed by atoms with Gasteiger partial charge >= 0.3 is 0 Å². The zero-order chi connectivity index (χ0) is 14.8. The standard InChI is InChI=1S/C13H10N6OS/c14-11(21)8-6-17-19-12(8)18-13(20)7-2-1-3-9-10(7)16-5-4-15-9/h1-6H,(H2,14,21)(H2,17,18,19,20). The van der Waals surface area contributed by atoms with Crippen LogP contribution in [-0.2, 0) is 0 Å². The molecule has 0 atom stereocenters. The summed E-state index contributed by atoms with van der Waals surface area (Å²) in [6.45, 7) is 0. The third-order valence-corrected chi connectivity index (χ3v) is 3.11. The summed E-state index contributed by atoms with van der Waals surface area (Å²) in [6.07, 6.45) is 4.57. The molecule has 0 saturated carbocycles. The van der Waals surface area contributed by atoms with E-state index in [0.29, 0.717) is 28.0 Å². The van der Waals surface area contributed by atoms with Crippen molar-refractivity contribution in [2.75, 3.05) is 5.32 Å². The van der Waals surface area contributed by atoms with Gasteiger partial charge in [-0.15, -0.1) is 0 Å². The molecule has 4 N–H and O–H groups in total. The maximum absolute atomic E-state index is 12.4. The van der Waals surface area contributed by atoms with Crippen LogP contribution in [0, 0.1) is 0 Å². The number of para-hydroxylation sites is 1. The molecule has 3 aromatic rings. The molecule has 0 aliphatic heterocycles. The van der Waals surface area contributed by atoms with E-state index in [-0.39, 0.29) is 10.9 Å². The van der Waals surface area contributed by atoms with Crippen molar-refractivity contribution in [3.8, 4) is 0 Å². The van der Waals surface area contributed by atoms with E-state index in [0.717, 1.165) is 0 Å². The van der Waals surface area contributed by atoms with Crippen molar-refractivity contribution in [1.29, 1.82) is 0 Å². The summed E-state index contributed by atoms with van der Waals surface area (Å²) < 4.78 is 0. The zero-order valence-corrected chi connectivity index (χ0v) is 11.5. The average Bonchev–Trinajstić information content (AvgIpc) is 2.95. The monoisotopic (exact) mass is 298 g/mol. The van der Waals surface area contributed by atoms with Crippen molar-refractivity contribution >= 4 is 40.0 Å². The molecule has 0 unspecified atom stereocenters. The van der Waals surface area contributed by atoms with Crippen LogP contribution >= 0.6 is 12.2 Å². The molecule has 104 valence electrons. The highest BCUT2D eigenvalue weighted by atomic mass is 32.1. The molecule has 2 aromatic heterocycles. The van der Waals surface area contributed by atoms with Gasteiger partial charge in [-0.05, 0) is 12.1 Å². The first-order chi connectivity index (χ1) is 10.2. The van der Waals surface area contributed by atoms with Crippen LogP contribution in [-0.4, -0.2) is 31.1 Å². The van der Waals surface area contributed by atoms with Crippen LogP contribution in [0.3, 0.4) is 0 Å². The predicted molar refractivity (Wildman–Crippen MR) is 82.0 cm³/mol. The lowest BCUT2D eigenvalue weighted by atomic mass is 10.1. The van der Waals surface area contributed by atoms with E-state index in [2.05, 4.69) is 25.5 Å². The second-order valence-electron chi connectivity index (χ2n) is 4.21. The Morgan fingerprint density at radius 1 is 1.24 bits per heavy atom. The average molecular weight is 298 g/mol. The summed E-state index contributed by atoms with van der Waals surface area (Å²) in [4.78, 5) is 20.9. The Bertz CT molecular complexity index is 838. The van der Waals surface area contributed by atoms with Crippen LogP contribution < -0.4 is 11.1 Å². The molecule has 1 aromatic carbocycles. The van der Waals surface area contributed by atoms with Crippen LogP contribution in [0.4, 0.5) is 5.82 Å². The van der Waals surface area contributed by atoms with Crippen molar-refractivity contribution in [1.82, 2.24) is 20.2 Å². The summed E-state index contributed by atoms with van der Waals surface area (Å²) in [6, 6.07) is 5.20. The predicted octanol–water partition coefficient (Wildman–Crippen LogP) is 1.24. The van der Waals surface area contributed by atoms with Gasteiger partial charge in [0.25, 0.3) is 5.91 Å². The van der Waals surface area contributed by atoms with Crippen LogP contribution in [0.25, 0.3) is 11.0 Å². The smallest absolute Gasteiger partial charge is 0.259 e. The van der Waals surface area contributed by atoms with Gasteiger partial charge < -0.3 is 11.1 Å². The van der Waals surface area contributed by atoms with Crippen molar-refractivity contribution in [2.24, 2.45) is 5.73 Å². The fourth-order valence-corrected chi connectivity index (χ4v) is 2.08. The van der Waals surface area contributed by atoms with Gasteiger partial charge in [-0.25, -0.2) is 0 Å². The molecule has 0 bridgehead atoms. The van der Waals surface area contributed by atoms with Crippen LogP contribution in [0.1, 0.15) is 15.9 Å². The number of benzene rings is 1. The van der Waals surface area contributed by atoms with Crippen LogP contribution in [0.15, 0.2) is 36.8 Å². The number of carbonyl (C=O) groups excluding carboxylic acids is 1. The van der Waals surface area contributed by atoms with Crippen LogP contribution in [0.5, 0.6) is 0 Å². The second kappa shape index (κ2) is 5.25. The molecule has 8 heteroatoms. The highest BCUT2D eigenvalue weighted by Gasteiger charge is 2.15. The normalized spacial score (nSPS) is 10.5. The third-order valence-electron chi connectivity index (χ3n) is 2.89. The number of carbonyl (C=O) groups is 1. The highest BCUT2D eigenvalue weighted by molar-refractivity contribution is 7.80. The number of amides is 1. The minimum Gasteiger partial charge on any atom is -0.389 e. The first-order valence-electron chi connectivity index (χ1n) is 6.01. The van der Waals surface area contributed by atoms with Crippen molar-refractivity contribution in [2.45, 2.75) is 0 Å². The molecule has 0 fully saturated rings. The van der Waals surface area contributed by atoms with Gasteiger partial charge in [0, 0.05) is 12.4 Å². The van der Waals surface area contributed by atoms with E-state index < -0.39 is 0 Å². The molecule has 2 heterocycles. The Kier molecular flexibility index (Phi) is 3.28. The molecule has 21 heavy (non-hydrogen) atoms. The number of nitrogens with zero attached hydrogens (tertiary/aromatic N) is 3. The number of nitrogens with two attached hydrogens (primary N) is 1. The number of hydrogen-bond donors (Lipinski definition) is 3. The Hall–Kier alpha value is -2.87. The molecule has 0 radical (unpaired) electrons. The van der Waals surface area contributed by atoms with Gasteiger partial charge in [-0.2, -0.15) is 5.10 Å². The lowest BCUT2D eigenvalue weighted by Gasteiger charge is -2.06. The first kappa shape index (κ1) is 13.1. The Labute approximate surface area is 124 Å². The number of hydrogen-bond acceptors (Lipinski definition) is 5. The number of aromatic nitrogens is 4. The third kappa shape index (κ3) is 2.43. The Balaban J connectivity index is 1.98. The zero-order valence-electron chi connectivity index (χ0n) is 10.7. The molecular weight excluding hydrogens is 288 g/mol. The van der Waals surface area contributed by atoms with Gasteiger partial charge in [0.2, 0.25) is 0 Å². The van der Waals surface area contributed by atoms with Crippen molar-refractivity contribution < 1.29 is 4.79 Å². The number of nitrogens with one attached hydrogen (secondary N) is 2. The summed E-state index contributed by atoms with van der Waals surface area (Å²) in [5, 5.41) is 9.16. The molecule has 3 rings (SSSR count). The number of anilines is 1. The molecule has 0 aliphatic rings. The molecule has 7 nitrogen and oxygen atoms in total. The minimum absolute atomic E-state index is 0.150. The van der Waals surface area contributed by atoms with E-state index in [4.69, 9.17) is 18.0 Å². The molecule has 0 saturated heterocycles. The molecule has 0 aliphatic carbocycles. The maximum atomic E-state index is 12.4. The van der Waals surface area contributed by atoms with Crippen LogP contribution in [0.2, 0.25) is 0 Å². The van der Waals surface area contributed by atoms with Gasteiger partial charge in [0.15, 0.2) is 0 Å². The van der Waals surface area contributed by atoms with E-state index >= 15 is 0 Å². The highest BCUT2D eigenvalue weighted by Crippen LogP contribution is 2.17. The first-order valence-corrected chi connectivity index (χ1v) is 6.42. The Morgan fingerprint density at radius 2 is 2.05 bits per heavy atom. The van der Waals surface area contributed by atoms with Gasteiger partial charge in [0.05, 0.1) is 22.8 Å². The van der Waals surface area contributed by atoms with E-state index in [1.807, 2.05) is 0 Å². The Morgan fingerprint density at radius 3 is 2.86 bits per heavy atom. The summed E-state index contributed by atoms with van der Waals surface area (Å²) in [7, 11) is 0. The van der Waals surface area contributed by atoms with Gasteiger partial charge in [-0.3, -0.25) is 19.9 Å². The molecular formula is C13H10N6OS. The number of H-pyrrole nitrogens is 1. The topological polar surface area (TPSA) is 110 Å².